The topological polar surface area (TPSA) is 27.2 Å². The number of thiazole rings is 1. The molecule has 4 heterocycles. The van der Waals surface area contributed by atoms with Crippen molar-refractivity contribution in [1.29, 1.82) is 0 Å². The third-order valence-corrected chi connectivity index (χ3v) is 9.93. The van der Waals surface area contributed by atoms with Gasteiger partial charge in [-0.1, -0.05) is 96.3 Å². The second-order valence-corrected chi connectivity index (χ2v) is 12.3. The van der Waals surface area contributed by atoms with Crippen LogP contribution in [-0.4, -0.2) is 18.5 Å². The van der Waals surface area contributed by atoms with Crippen LogP contribution in [0.4, 0.5) is 0 Å². The summed E-state index contributed by atoms with van der Waals surface area (Å²) in [6, 6.07) is 50.1. The Morgan fingerprint density at radius 1 is 0.455 bits per heavy atom. The predicted molar refractivity (Wildman–Crippen MR) is 185 cm³/mol. The molecule has 4 aromatic heterocycles. The molecule has 0 aliphatic rings. The van der Waals surface area contributed by atoms with Gasteiger partial charge in [-0.05, 0) is 54.6 Å². The fourth-order valence-electron chi connectivity index (χ4n) is 6.95. The van der Waals surface area contributed by atoms with Crippen LogP contribution in [-0.2, 0) is 0 Å². The van der Waals surface area contributed by atoms with Crippen LogP contribution in [0.15, 0.2) is 146 Å². The maximum atomic E-state index is 5.07. The zero-order chi connectivity index (χ0) is 28.8. The van der Waals surface area contributed by atoms with Crippen LogP contribution in [0.1, 0.15) is 0 Å². The molecule has 0 amide bonds. The second-order valence-electron chi connectivity index (χ2n) is 11.3. The molecular weight excluding hydrogens is 557 g/mol. The van der Waals surface area contributed by atoms with Crippen LogP contribution in [0.25, 0.3) is 81.4 Å². The predicted octanol–water partition coefficient (Wildman–Crippen LogP) is 10.4. The van der Waals surface area contributed by atoms with Crippen molar-refractivity contribution in [2.75, 3.05) is 0 Å². The smallest absolute Gasteiger partial charge is 0.195 e. The Balaban J connectivity index is 1.05. The van der Waals surface area contributed by atoms with Crippen LogP contribution >= 0.6 is 11.3 Å². The molecular formula is C39H24N4S. The summed E-state index contributed by atoms with van der Waals surface area (Å²) in [5, 5.41) is 5.10. The number of benzene rings is 6. The minimum atomic E-state index is 0.985. The molecule has 0 saturated heterocycles. The fraction of sp³-hybridized carbons (Fsp3) is 0. The Morgan fingerprint density at radius 2 is 0.932 bits per heavy atom. The van der Waals surface area contributed by atoms with E-state index in [9.17, 15) is 0 Å². The Labute approximate surface area is 256 Å². The first-order chi connectivity index (χ1) is 21.8. The van der Waals surface area contributed by atoms with E-state index < -0.39 is 0 Å². The van der Waals surface area contributed by atoms with Gasteiger partial charge in [0.1, 0.15) is 0 Å². The number of hydrogen-bond acceptors (Lipinski definition) is 2. The van der Waals surface area contributed by atoms with Crippen molar-refractivity contribution < 1.29 is 0 Å². The quantitative estimate of drug-likeness (QED) is 0.204. The average molecular weight is 581 g/mol. The number of nitrogens with zero attached hydrogens (tertiary/aromatic N) is 4. The van der Waals surface area contributed by atoms with Gasteiger partial charge < -0.3 is 9.13 Å². The summed E-state index contributed by atoms with van der Waals surface area (Å²) in [5.74, 6) is 0. The zero-order valence-corrected chi connectivity index (χ0v) is 24.4. The number of fused-ring (bicyclic) bond motifs is 9. The maximum absolute atomic E-state index is 5.07. The Kier molecular flexibility index (Phi) is 4.84. The molecule has 0 spiro atoms. The summed E-state index contributed by atoms with van der Waals surface area (Å²) in [4.78, 5) is 6.07. The highest BCUT2D eigenvalue weighted by Crippen LogP contribution is 2.36. The standard InChI is InChI=1S/C39H24N4S/c1-5-13-33-28(9-1)29-10-2-6-14-34(29)42(33)26-19-17-25(18-20-26)32-24-41-37-22-21-27(23-38(37)44-39(41)40-32)43-35-15-7-3-11-30(35)31-12-4-8-16-36(31)43/h1-24H. The van der Waals surface area contributed by atoms with Gasteiger partial charge in [0.15, 0.2) is 4.96 Å². The molecule has 0 aliphatic carbocycles. The van der Waals surface area contributed by atoms with Gasteiger partial charge in [-0.3, -0.25) is 4.40 Å². The molecule has 0 fully saturated rings. The highest BCUT2D eigenvalue weighted by molar-refractivity contribution is 7.23. The Hall–Kier alpha value is -5.65. The monoisotopic (exact) mass is 580 g/mol. The van der Waals surface area contributed by atoms with Gasteiger partial charge in [-0.25, -0.2) is 4.98 Å². The van der Waals surface area contributed by atoms with Crippen molar-refractivity contribution in [2.24, 2.45) is 0 Å². The van der Waals surface area contributed by atoms with E-state index in [4.69, 9.17) is 4.98 Å². The summed E-state index contributed by atoms with van der Waals surface area (Å²) in [7, 11) is 0. The van der Waals surface area contributed by atoms with E-state index in [0.717, 1.165) is 21.9 Å². The normalized spacial score (nSPS) is 12.1. The highest BCUT2D eigenvalue weighted by atomic mass is 32.1. The molecule has 0 aliphatic heterocycles. The summed E-state index contributed by atoms with van der Waals surface area (Å²) >= 11 is 1.74. The van der Waals surface area contributed by atoms with Gasteiger partial charge in [0, 0.05) is 44.7 Å². The molecule has 0 atom stereocenters. The Bertz CT molecular complexity index is 2610. The lowest BCUT2D eigenvalue weighted by Gasteiger charge is -2.08. The lowest BCUT2D eigenvalue weighted by atomic mass is 10.1. The summed E-state index contributed by atoms with van der Waals surface area (Å²) in [6.45, 7) is 0. The molecule has 0 unspecified atom stereocenters. The van der Waals surface area contributed by atoms with Crippen molar-refractivity contribution in [3.8, 4) is 22.6 Å². The molecule has 0 saturated carbocycles. The summed E-state index contributed by atoms with van der Waals surface area (Å²) in [6.07, 6.45) is 2.17. The van der Waals surface area contributed by atoms with Crippen LogP contribution in [0.5, 0.6) is 0 Å². The van der Waals surface area contributed by atoms with Crippen molar-refractivity contribution in [2.45, 2.75) is 0 Å². The van der Waals surface area contributed by atoms with Gasteiger partial charge in [0.25, 0.3) is 0 Å². The average Bonchev–Trinajstić information content (AvgIpc) is 3.82. The first-order valence-electron chi connectivity index (χ1n) is 14.8. The maximum Gasteiger partial charge on any atom is 0.195 e. The SMILES string of the molecule is c1ccc2c(c1)c1ccccc1n2-c1ccc(-c2cn3c(n2)sc2cc(-n4c5ccccc5c5ccccc54)ccc23)cc1. The van der Waals surface area contributed by atoms with E-state index in [1.807, 2.05) is 0 Å². The zero-order valence-electron chi connectivity index (χ0n) is 23.6. The third kappa shape index (κ3) is 3.30. The molecule has 4 nitrogen and oxygen atoms in total. The van der Waals surface area contributed by atoms with E-state index in [-0.39, 0.29) is 0 Å². The molecule has 6 aromatic carbocycles. The molecule has 0 N–H and O–H groups in total. The molecule has 0 radical (unpaired) electrons. The molecule has 44 heavy (non-hydrogen) atoms. The lowest BCUT2D eigenvalue weighted by molar-refractivity contribution is 1.18. The number of para-hydroxylation sites is 4. The molecule has 10 aromatic rings. The van der Waals surface area contributed by atoms with Crippen molar-refractivity contribution in [3.05, 3.63) is 146 Å². The Morgan fingerprint density at radius 3 is 1.48 bits per heavy atom. The van der Waals surface area contributed by atoms with E-state index in [1.165, 1.54) is 59.5 Å². The van der Waals surface area contributed by atoms with Gasteiger partial charge in [0.2, 0.25) is 0 Å². The third-order valence-electron chi connectivity index (χ3n) is 8.92. The number of rotatable bonds is 3. The van der Waals surface area contributed by atoms with E-state index in [0.29, 0.717) is 0 Å². The molecule has 5 heteroatoms. The summed E-state index contributed by atoms with van der Waals surface area (Å²) < 4.78 is 8.17. The van der Waals surface area contributed by atoms with E-state index in [1.54, 1.807) is 11.3 Å². The van der Waals surface area contributed by atoms with Crippen molar-refractivity contribution in [3.63, 3.8) is 0 Å². The van der Waals surface area contributed by atoms with Gasteiger partial charge in [-0.15, -0.1) is 0 Å². The van der Waals surface area contributed by atoms with E-state index >= 15 is 0 Å². The lowest BCUT2D eigenvalue weighted by Crippen LogP contribution is -1.93. The minimum Gasteiger partial charge on any atom is -0.309 e. The highest BCUT2D eigenvalue weighted by Gasteiger charge is 2.16. The van der Waals surface area contributed by atoms with Gasteiger partial charge in [-0.2, -0.15) is 0 Å². The number of aromatic nitrogens is 4. The van der Waals surface area contributed by atoms with Crippen LogP contribution in [0.3, 0.4) is 0 Å². The number of imidazole rings is 1. The number of hydrogen-bond donors (Lipinski definition) is 0. The van der Waals surface area contributed by atoms with Gasteiger partial charge >= 0.3 is 0 Å². The van der Waals surface area contributed by atoms with Gasteiger partial charge in [0.05, 0.1) is 38.0 Å². The van der Waals surface area contributed by atoms with Crippen LogP contribution < -0.4 is 0 Å². The molecule has 206 valence electrons. The largest absolute Gasteiger partial charge is 0.309 e. The van der Waals surface area contributed by atoms with Crippen LogP contribution in [0.2, 0.25) is 0 Å². The minimum absolute atomic E-state index is 0.985. The van der Waals surface area contributed by atoms with E-state index in [2.05, 4.69) is 159 Å². The first-order valence-corrected chi connectivity index (χ1v) is 15.6. The van der Waals surface area contributed by atoms with Crippen molar-refractivity contribution in [1.82, 2.24) is 18.5 Å². The molecule has 0 bridgehead atoms. The first kappa shape index (κ1) is 23.9. The van der Waals surface area contributed by atoms with Crippen molar-refractivity contribution >= 4 is 70.1 Å². The summed E-state index contributed by atoms with van der Waals surface area (Å²) in [5.41, 5.74) is 10.5. The molecule has 10 rings (SSSR count). The second kappa shape index (κ2) is 8.93. The van der Waals surface area contributed by atoms with Crippen LogP contribution in [0, 0.1) is 0 Å². The fourth-order valence-corrected chi connectivity index (χ4v) is 7.99.